The summed E-state index contributed by atoms with van der Waals surface area (Å²) in [5.74, 6) is 0. The molecule has 0 unspecified atom stereocenters. The van der Waals surface area contributed by atoms with Gasteiger partial charge in [0.25, 0.3) is 0 Å². The molecule has 0 spiro atoms. The SMILES string of the molecule is [2H]c1c([2H])c([2H])c(-c2c([2H])c([2H])c([2H])c(-n3c4c([2H])c([2H])c([2H])c([2H])c4c4c([2H])c([2H])c([2H])c([2H])c43)c2[2H])c(C)c1[2H]. The molecule has 0 aliphatic rings. The lowest BCUT2D eigenvalue weighted by molar-refractivity contribution is 1.18. The highest BCUT2D eigenvalue weighted by Crippen LogP contribution is 2.33. The van der Waals surface area contributed by atoms with Crippen molar-refractivity contribution in [3.8, 4) is 16.8 Å². The van der Waals surface area contributed by atoms with Gasteiger partial charge >= 0.3 is 0 Å². The van der Waals surface area contributed by atoms with Gasteiger partial charge in [-0.25, -0.2) is 0 Å². The highest BCUT2D eigenvalue weighted by atomic mass is 15.0. The van der Waals surface area contributed by atoms with Crippen molar-refractivity contribution >= 4 is 21.8 Å². The summed E-state index contributed by atoms with van der Waals surface area (Å²) >= 11 is 0. The molecule has 0 atom stereocenters. The molecule has 0 amide bonds. The predicted octanol–water partition coefficient (Wildman–Crippen LogP) is 6.76. The van der Waals surface area contributed by atoms with Crippen LogP contribution in [0.4, 0.5) is 0 Å². The molecule has 0 saturated heterocycles. The first kappa shape index (κ1) is 5.85. The van der Waals surface area contributed by atoms with E-state index in [0.717, 1.165) is 4.57 Å². The summed E-state index contributed by atoms with van der Waals surface area (Å²) in [5.41, 5.74) is -2.12. The van der Waals surface area contributed by atoms with Gasteiger partial charge in [0.15, 0.2) is 0 Å². The van der Waals surface area contributed by atoms with Crippen LogP contribution in [0.5, 0.6) is 0 Å². The van der Waals surface area contributed by atoms with E-state index in [2.05, 4.69) is 0 Å². The molecule has 124 valence electrons. The Labute approximate surface area is 175 Å². The van der Waals surface area contributed by atoms with E-state index in [0.29, 0.717) is 0 Å². The summed E-state index contributed by atoms with van der Waals surface area (Å²) in [6.07, 6.45) is 0. The number of nitrogens with zero attached hydrogens (tertiary/aromatic N) is 1. The van der Waals surface area contributed by atoms with Crippen molar-refractivity contribution in [2.75, 3.05) is 0 Å². The minimum atomic E-state index is -0.778. The predicted molar refractivity (Wildman–Crippen MR) is 111 cm³/mol. The zero-order valence-corrected chi connectivity index (χ0v) is 13.4. The lowest BCUT2D eigenvalue weighted by Gasteiger charge is -2.11. The van der Waals surface area contributed by atoms with E-state index in [1.807, 2.05) is 0 Å². The van der Waals surface area contributed by atoms with E-state index >= 15 is 0 Å². The van der Waals surface area contributed by atoms with Gasteiger partial charge in [-0.1, -0.05) is 72.5 Å². The maximum absolute atomic E-state index is 9.14. The van der Waals surface area contributed by atoms with E-state index in [1.165, 1.54) is 6.92 Å². The average molecular weight is 350 g/mol. The van der Waals surface area contributed by atoms with Crippen molar-refractivity contribution in [2.24, 2.45) is 0 Å². The molecule has 26 heavy (non-hydrogen) atoms. The first-order valence-electron chi connectivity index (χ1n) is 15.7. The Morgan fingerprint density at radius 2 is 1.27 bits per heavy atom. The number of fused-ring (bicyclic) bond motifs is 3. The quantitative estimate of drug-likeness (QED) is 0.332. The molecule has 0 aliphatic heterocycles. The monoisotopic (exact) mass is 349 g/mol. The van der Waals surface area contributed by atoms with E-state index < -0.39 is 108 Å². The first-order chi connectivity index (χ1) is 19.5. The van der Waals surface area contributed by atoms with Gasteiger partial charge in [-0.15, -0.1) is 0 Å². The Morgan fingerprint density at radius 3 is 2.00 bits per heavy atom. The molecule has 0 fully saturated rings. The van der Waals surface area contributed by atoms with Gasteiger partial charge in [-0.2, -0.15) is 0 Å². The third kappa shape index (κ3) is 2.25. The van der Waals surface area contributed by atoms with E-state index in [1.54, 1.807) is 0 Å². The minimum Gasteiger partial charge on any atom is -0.309 e. The van der Waals surface area contributed by atoms with Crippen molar-refractivity contribution in [2.45, 2.75) is 6.92 Å². The zero-order valence-electron chi connectivity index (χ0n) is 29.4. The van der Waals surface area contributed by atoms with Crippen LogP contribution in [0.25, 0.3) is 38.6 Å². The standard InChI is InChI=1S/C25H19N/c1-18-9-2-3-12-21(18)19-10-8-11-20(17-19)26-24-15-6-4-13-22(24)23-14-5-7-16-25(23)26/h2-17H,1H3/i2D,3D,4D,5D,6D,7D,8D,9D,10D,11D,12D,13D,14D,15D,16D,17D. The van der Waals surface area contributed by atoms with E-state index in [9.17, 15) is 0 Å². The summed E-state index contributed by atoms with van der Waals surface area (Å²) in [5, 5.41) is -0.606. The number of benzene rings is 4. The Hall–Kier alpha value is -3.32. The molecule has 0 radical (unpaired) electrons. The summed E-state index contributed by atoms with van der Waals surface area (Å²) < 4.78 is 136. The van der Waals surface area contributed by atoms with Crippen molar-refractivity contribution < 1.29 is 21.9 Å². The highest BCUT2D eigenvalue weighted by molar-refractivity contribution is 6.09. The minimum absolute atomic E-state index is 0.0443. The molecule has 1 aromatic heterocycles. The summed E-state index contributed by atoms with van der Waals surface area (Å²) in [7, 11) is 0. The molecular weight excluding hydrogens is 314 g/mol. The van der Waals surface area contributed by atoms with Gasteiger partial charge in [0.05, 0.1) is 33.0 Å². The van der Waals surface area contributed by atoms with E-state index in [-0.39, 0.29) is 32.9 Å². The van der Waals surface area contributed by atoms with Crippen LogP contribution in [-0.2, 0) is 0 Å². The second-order valence-corrected chi connectivity index (χ2v) is 5.51. The zero-order chi connectivity index (χ0) is 31.4. The molecule has 5 rings (SSSR count). The molecule has 1 heteroatoms. The van der Waals surface area contributed by atoms with Crippen molar-refractivity contribution in [1.82, 2.24) is 4.57 Å². The topological polar surface area (TPSA) is 4.93 Å². The van der Waals surface area contributed by atoms with Gasteiger partial charge < -0.3 is 4.57 Å². The van der Waals surface area contributed by atoms with Crippen LogP contribution >= 0.6 is 0 Å². The molecule has 0 saturated carbocycles. The number of rotatable bonds is 2. The normalized spacial score (nSPS) is 19.9. The van der Waals surface area contributed by atoms with Crippen LogP contribution in [-0.4, -0.2) is 4.57 Å². The van der Waals surface area contributed by atoms with Gasteiger partial charge in [-0.05, 0) is 47.8 Å². The highest BCUT2D eigenvalue weighted by Gasteiger charge is 2.12. The number of aromatic nitrogens is 1. The molecule has 0 aliphatic carbocycles. The molecule has 0 N–H and O–H groups in total. The smallest absolute Gasteiger partial charge is 0.0651 e. The summed E-state index contributed by atoms with van der Waals surface area (Å²) in [6.45, 7) is 1.34. The maximum atomic E-state index is 9.14. The Bertz CT molecular complexity index is 1950. The lowest BCUT2D eigenvalue weighted by atomic mass is 10.0. The van der Waals surface area contributed by atoms with Crippen molar-refractivity contribution in [1.29, 1.82) is 0 Å². The number of hydrogen-bond acceptors (Lipinski definition) is 0. The van der Waals surface area contributed by atoms with Crippen molar-refractivity contribution in [3.63, 3.8) is 0 Å². The fraction of sp³-hybridized carbons (Fsp3) is 0.0400. The van der Waals surface area contributed by atoms with Crippen LogP contribution in [0.1, 0.15) is 27.5 Å². The van der Waals surface area contributed by atoms with Gasteiger partial charge in [0.1, 0.15) is 0 Å². The Kier molecular flexibility index (Phi) is 1.33. The van der Waals surface area contributed by atoms with Crippen LogP contribution in [0, 0.1) is 6.92 Å². The third-order valence-corrected chi connectivity index (χ3v) is 3.99. The Balaban J connectivity index is 2.15. The summed E-state index contributed by atoms with van der Waals surface area (Å²) in [4.78, 5) is 0. The van der Waals surface area contributed by atoms with Gasteiger partial charge in [0, 0.05) is 16.5 Å². The van der Waals surface area contributed by atoms with Gasteiger partial charge in [-0.3, -0.25) is 0 Å². The largest absolute Gasteiger partial charge is 0.309 e. The molecule has 1 heterocycles. The second-order valence-electron chi connectivity index (χ2n) is 5.51. The van der Waals surface area contributed by atoms with Crippen LogP contribution in [0.2, 0.25) is 0 Å². The molecule has 4 aromatic carbocycles. The molecular formula is C25H19N. The maximum Gasteiger partial charge on any atom is 0.0651 e. The summed E-state index contributed by atoms with van der Waals surface area (Å²) in [6, 6.07) is -10.7. The van der Waals surface area contributed by atoms with Crippen molar-refractivity contribution in [3.05, 3.63) is 102 Å². The molecule has 1 nitrogen and oxygen atoms in total. The van der Waals surface area contributed by atoms with Crippen LogP contribution in [0.3, 0.4) is 0 Å². The van der Waals surface area contributed by atoms with Crippen LogP contribution in [0.15, 0.2) is 96.7 Å². The average Bonchev–Trinajstić information content (AvgIpc) is 3.31. The molecule has 5 aromatic rings. The fourth-order valence-electron chi connectivity index (χ4n) is 2.84. The fourth-order valence-corrected chi connectivity index (χ4v) is 2.84. The second kappa shape index (κ2) is 5.89. The van der Waals surface area contributed by atoms with E-state index in [4.69, 9.17) is 21.9 Å². The number of para-hydroxylation sites is 2. The number of hydrogen-bond donors (Lipinski definition) is 0. The van der Waals surface area contributed by atoms with Crippen LogP contribution < -0.4 is 0 Å². The Morgan fingerprint density at radius 1 is 0.654 bits per heavy atom. The first-order valence-corrected chi connectivity index (χ1v) is 7.67. The third-order valence-electron chi connectivity index (χ3n) is 3.99. The lowest BCUT2D eigenvalue weighted by Crippen LogP contribution is -1.94. The van der Waals surface area contributed by atoms with Gasteiger partial charge in [0.2, 0.25) is 0 Å². The molecule has 0 bridgehead atoms.